The number of carbonyl (C=O) groups is 1. The summed E-state index contributed by atoms with van der Waals surface area (Å²) in [7, 11) is 1.59. The number of thioether (sulfide) groups is 1. The molecule has 0 radical (unpaired) electrons. The van der Waals surface area contributed by atoms with Crippen LogP contribution in [0.1, 0.15) is 24.1 Å². The second kappa shape index (κ2) is 10.9. The molecule has 1 atom stereocenters. The van der Waals surface area contributed by atoms with E-state index in [2.05, 4.69) is 6.58 Å². The summed E-state index contributed by atoms with van der Waals surface area (Å²) in [6.45, 7) is 6.08. The van der Waals surface area contributed by atoms with Crippen molar-refractivity contribution >= 4 is 34.6 Å². The summed E-state index contributed by atoms with van der Waals surface area (Å²) in [5.74, 6) is 1.14. The molecule has 3 aromatic carbocycles. The van der Waals surface area contributed by atoms with Crippen LogP contribution in [-0.2, 0) is 4.79 Å². The van der Waals surface area contributed by atoms with Crippen LogP contribution in [0.15, 0.2) is 101 Å². The summed E-state index contributed by atoms with van der Waals surface area (Å²) >= 11 is 1.37. The minimum atomic E-state index is -0.168. The van der Waals surface area contributed by atoms with E-state index in [1.165, 1.54) is 11.8 Å². The van der Waals surface area contributed by atoms with Gasteiger partial charge in [-0.1, -0.05) is 67.3 Å². The molecule has 1 aliphatic rings. The average molecular weight is 471 g/mol. The maximum atomic E-state index is 13.6. The van der Waals surface area contributed by atoms with Gasteiger partial charge in [-0.05, 0) is 60.2 Å². The van der Waals surface area contributed by atoms with Crippen molar-refractivity contribution in [3.63, 3.8) is 0 Å². The second-order valence-electron chi connectivity index (χ2n) is 7.61. The Balaban J connectivity index is 1.70. The van der Waals surface area contributed by atoms with Crippen molar-refractivity contribution in [2.24, 2.45) is 4.99 Å². The molecule has 172 valence electrons. The zero-order valence-corrected chi connectivity index (χ0v) is 20.0. The molecule has 0 spiro atoms. The second-order valence-corrected chi connectivity index (χ2v) is 8.62. The van der Waals surface area contributed by atoms with Crippen LogP contribution in [0.4, 0.5) is 5.69 Å². The van der Waals surface area contributed by atoms with E-state index in [9.17, 15) is 4.79 Å². The molecule has 1 heterocycles. The molecule has 1 fully saturated rings. The number of para-hydroxylation sites is 1. The van der Waals surface area contributed by atoms with Crippen molar-refractivity contribution in [3.8, 4) is 11.5 Å². The predicted molar refractivity (Wildman–Crippen MR) is 139 cm³/mol. The Bertz CT molecular complexity index is 1220. The Hall–Kier alpha value is -3.77. The molecular formula is C28H26N2O3S. The average Bonchev–Trinajstić information content (AvgIpc) is 3.17. The fourth-order valence-electron chi connectivity index (χ4n) is 3.59. The first-order valence-corrected chi connectivity index (χ1v) is 11.8. The minimum Gasteiger partial charge on any atom is -0.493 e. The molecule has 0 saturated carbocycles. The highest BCUT2D eigenvalue weighted by Crippen LogP contribution is 2.40. The summed E-state index contributed by atoms with van der Waals surface area (Å²) in [4.78, 5) is 20.7. The van der Waals surface area contributed by atoms with Crippen LogP contribution in [-0.4, -0.2) is 29.7 Å². The van der Waals surface area contributed by atoms with E-state index in [-0.39, 0.29) is 11.9 Å². The lowest BCUT2D eigenvalue weighted by Gasteiger charge is -2.24. The van der Waals surface area contributed by atoms with E-state index in [0.29, 0.717) is 28.2 Å². The number of hydrogen-bond acceptors (Lipinski definition) is 5. The molecule has 0 aromatic heterocycles. The highest BCUT2D eigenvalue weighted by Gasteiger charge is 2.37. The summed E-state index contributed by atoms with van der Waals surface area (Å²) < 4.78 is 11.1. The Labute approximate surface area is 204 Å². The maximum absolute atomic E-state index is 13.6. The lowest BCUT2D eigenvalue weighted by molar-refractivity contribution is -0.123. The van der Waals surface area contributed by atoms with E-state index in [0.717, 1.165) is 16.8 Å². The summed E-state index contributed by atoms with van der Waals surface area (Å²) in [5.41, 5.74) is 2.69. The van der Waals surface area contributed by atoms with Gasteiger partial charge in [-0.25, -0.2) is 4.99 Å². The lowest BCUT2D eigenvalue weighted by atomic mass is 10.1. The fourth-order valence-corrected chi connectivity index (χ4v) is 4.66. The van der Waals surface area contributed by atoms with Crippen LogP contribution in [0.25, 0.3) is 6.08 Å². The molecule has 34 heavy (non-hydrogen) atoms. The zero-order valence-electron chi connectivity index (χ0n) is 19.2. The topological polar surface area (TPSA) is 51.1 Å². The third kappa shape index (κ3) is 5.24. The molecule has 1 saturated heterocycles. The van der Waals surface area contributed by atoms with Crippen LogP contribution in [0.3, 0.4) is 0 Å². The van der Waals surface area contributed by atoms with Gasteiger partial charge in [0.15, 0.2) is 16.7 Å². The standard InChI is InChI=1S/C28H26N2O3S/c1-4-17-33-24-16-15-21(18-25(24)32-3)19-26-27(31)30(20(2)22-11-7-5-8-12-22)28(34-26)29-23-13-9-6-10-14-23/h4-16,18-20H,1,17H2,2-3H3/b26-19+,29-28?/t20-/m0/s1. The molecule has 1 aliphatic heterocycles. The molecule has 1 amide bonds. The van der Waals surface area contributed by atoms with Gasteiger partial charge in [-0.2, -0.15) is 0 Å². The minimum absolute atomic E-state index is 0.0815. The maximum Gasteiger partial charge on any atom is 0.267 e. The molecular weight excluding hydrogens is 444 g/mol. The van der Waals surface area contributed by atoms with Crippen molar-refractivity contribution < 1.29 is 14.3 Å². The summed E-state index contributed by atoms with van der Waals surface area (Å²) in [6.07, 6.45) is 3.55. The number of amides is 1. The highest BCUT2D eigenvalue weighted by molar-refractivity contribution is 8.18. The normalized spacial score (nSPS) is 16.6. The largest absolute Gasteiger partial charge is 0.493 e. The first-order valence-electron chi connectivity index (χ1n) is 10.9. The number of benzene rings is 3. The van der Waals surface area contributed by atoms with Gasteiger partial charge in [-0.3, -0.25) is 9.69 Å². The van der Waals surface area contributed by atoms with Gasteiger partial charge in [-0.15, -0.1) is 0 Å². The quantitative estimate of drug-likeness (QED) is 0.274. The lowest BCUT2D eigenvalue weighted by Crippen LogP contribution is -2.32. The fraction of sp³-hybridized carbons (Fsp3) is 0.143. The van der Waals surface area contributed by atoms with E-state index < -0.39 is 0 Å². The number of hydrogen-bond donors (Lipinski definition) is 0. The van der Waals surface area contributed by atoms with E-state index in [4.69, 9.17) is 14.5 Å². The Kier molecular flexibility index (Phi) is 7.50. The number of amidine groups is 1. The molecule has 3 aromatic rings. The van der Waals surface area contributed by atoms with E-state index in [1.54, 1.807) is 18.1 Å². The molecule has 5 nitrogen and oxygen atoms in total. The van der Waals surface area contributed by atoms with Crippen molar-refractivity contribution in [1.82, 2.24) is 4.90 Å². The van der Waals surface area contributed by atoms with Crippen LogP contribution < -0.4 is 9.47 Å². The van der Waals surface area contributed by atoms with Gasteiger partial charge in [0.1, 0.15) is 6.61 Å². The van der Waals surface area contributed by atoms with Crippen LogP contribution >= 0.6 is 11.8 Å². The summed E-state index contributed by atoms with van der Waals surface area (Å²) in [5, 5.41) is 0.650. The molecule has 0 N–H and O–H groups in total. The third-order valence-electron chi connectivity index (χ3n) is 5.33. The van der Waals surface area contributed by atoms with Crippen LogP contribution in [0.5, 0.6) is 11.5 Å². The van der Waals surface area contributed by atoms with Crippen molar-refractivity contribution in [2.45, 2.75) is 13.0 Å². The van der Waals surface area contributed by atoms with Gasteiger partial charge in [0, 0.05) is 0 Å². The number of rotatable bonds is 8. The van der Waals surface area contributed by atoms with E-state index in [1.807, 2.05) is 91.9 Å². The monoisotopic (exact) mass is 470 g/mol. The van der Waals surface area contributed by atoms with Gasteiger partial charge in [0.2, 0.25) is 0 Å². The van der Waals surface area contributed by atoms with Gasteiger partial charge in [0.05, 0.1) is 23.7 Å². The summed E-state index contributed by atoms with van der Waals surface area (Å²) in [6, 6.07) is 25.1. The number of carbonyl (C=O) groups excluding carboxylic acids is 1. The Morgan fingerprint density at radius 1 is 1.03 bits per heavy atom. The highest BCUT2D eigenvalue weighted by atomic mass is 32.2. The number of nitrogens with zero attached hydrogens (tertiary/aromatic N) is 2. The molecule has 6 heteroatoms. The SMILES string of the molecule is C=CCOc1ccc(/C=C2/SC(=Nc3ccccc3)N([C@@H](C)c3ccccc3)C2=O)cc1OC. The first kappa shape index (κ1) is 23.4. The van der Waals surface area contributed by atoms with E-state index >= 15 is 0 Å². The molecule has 0 unspecified atom stereocenters. The van der Waals surface area contributed by atoms with Crippen molar-refractivity contribution in [2.75, 3.05) is 13.7 Å². The first-order chi connectivity index (χ1) is 16.6. The Morgan fingerprint density at radius 2 is 1.74 bits per heavy atom. The number of methoxy groups -OCH3 is 1. The van der Waals surface area contributed by atoms with Crippen LogP contribution in [0.2, 0.25) is 0 Å². The smallest absolute Gasteiger partial charge is 0.267 e. The van der Waals surface area contributed by atoms with Gasteiger partial charge in [0.25, 0.3) is 5.91 Å². The third-order valence-corrected chi connectivity index (χ3v) is 6.31. The Morgan fingerprint density at radius 3 is 2.41 bits per heavy atom. The molecule has 0 bridgehead atoms. The predicted octanol–water partition coefficient (Wildman–Crippen LogP) is 6.63. The van der Waals surface area contributed by atoms with Crippen molar-refractivity contribution in [1.29, 1.82) is 0 Å². The zero-order chi connectivity index (χ0) is 23.9. The van der Waals surface area contributed by atoms with Crippen LogP contribution in [0, 0.1) is 0 Å². The van der Waals surface area contributed by atoms with Gasteiger partial charge < -0.3 is 9.47 Å². The number of ether oxygens (including phenoxy) is 2. The molecule has 4 rings (SSSR count). The van der Waals surface area contributed by atoms with Gasteiger partial charge >= 0.3 is 0 Å². The van der Waals surface area contributed by atoms with Crippen molar-refractivity contribution in [3.05, 3.63) is 108 Å². The molecule has 0 aliphatic carbocycles. The number of aliphatic imine (C=N–C) groups is 1.